The van der Waals surface area contributed by atoms with Crippen LogP contribution in [0.5, 0.6) is 0 Å². The molecule has 1 heterocycles. The molecule has 0 aliphatic rings. The Kier molecular flexibility index (Phi) is 3.66. The van der Waals surface area contributed by atoms with Crippen molar-refractivity contribution in [1.29, 1.82) is 0 Å². The molecule has 0 saturated heterocycles. The number of aromatic nitrogens is 1. The Labute approximate surface area is 110 Å². The monoisotopic (exact) mass is 266 g/mol. The number of nitrogens with one attached hydrogen (secondary N) is 1. The number of nitrogens with zero attached hydrogens (tertiary/aromatic N) is 1. The van der Waals surface area contributed by atoms with Crippen LogP contribution in [0.3, 0.4) is 0 Å². The van der Waals surface area contributed by atoms with Gasteiger partial charge in [0, 0.05) is 12.1 Å². The molecule has 1 N–H and O–H groups in total. The minimum Gasteiger partial charge on any atom is -0.443 e. The Morgan fingerprint density at radius 3 is 2.68 bits per heavy atom. The molecule has 0 atom stereocenters. The van der Waals surface area contributed by atoms with E-state index in [1.54, 1.807) is 0 Å². The molecule has 0 saturated carbocycles. The van der Waals surface area contributed by atoms with Gasteiger partial charge < -0.3 is 9.73 Å². The van der Waals surface area contributed by atoms with E-state index in [4.69, 9.17) is 4.42 Å². The predicted octanol–water partition coefficient (Wildman–Crippen LogP) is 3.51. The van der Waals surface area contributed by atoms with Crippen LogP contribution in [0.1, 0.15) is 26.5 Å². The molecule has 0 aliphatic carbocycles. The van der Waals surface area contributed by atoms with E-state index in [-0.39, 0.29) is 16.9 Å². The SMILES string of the molecule is CC(C)(C)NCc1ncoc1-c1cc(F)ccc1F. The van der Waals surface area contributed by atoms with Crippen LogP contribution < -0.4 is 5.32 Å². The van der Waals surface area contributed by atoms with Gasteiger partial charge in [-0.25, -0.2) is 13.8 Å². The van der Waals surface area contributed by atoms with Crippen molar-refractivity contribution in [3.63, 3.8) is 0 Å². The van der Waals surface area contributed by atoms with Crippen LogP contribution in [0.4, 0.5) is 8.78 Å². The average molecular weight is 266 g/mol. The lowest BCUT2D eigenvalue weighted by molar-refractivity contribution is 0.421. The van der Waals surface area contributed by atoms with Gasteiger partial charge >= 0.3 is 0 Å². The van der Waals surface area contributed by atoms with E-state index in [0.29, 0.717) is 12.2 Å². The molecule has 0 radical (unpaired) electrons. The summed E-state index contributed by atoms with van der Waals surface area (Å²) in [6.45, 7) is 6.45. The molecule has 5 heteroatoms. The topological polar surface area (TPSA) is 38.1 Å². The van der Waals surface area contributed by atoms with Gasteiger partial charge in [0.1, 0.15) is 17.3 Å². The third-order valence-electron chi connectivity index (χ3n) is 2.60. The molecular weight excluding hydrogens is 250 g/mol. The fourth-order valence-corrected chi connectivity index (χ4v) is 1.63. The van der Waals surface area contributed by atoms with Gasteiger partial charge in [-0.2, -0.15) is 0 Å². The number of benzene rings is 1. The summed E-state index contributed by atoms with van der Waals surface area (Å²) >= 11 is 0. The third kappa shape index (κ3) is 3.38. The normalized spacial score (nSPS) is 11.8. The van der Waals surface area contributed by atoms with Crippen LogP contribution in [-0.2, 0) is 6.54 Å². The lowest BCUT2D eigenvalue weighted by atomic mass is 10.1. The standard InChI is InChI=1S/C14H16F2N2O/c1-14(2,3)18-7-12-13(19-8-17-12)10-6-9(15)4-5-11(10)16/h4-6,8,18H,7H2,1-3H3. The molecule has 102 valence electrons. The Morgan fingerprint density at radius 2 is 2.00 bits per heavy atom. The van der Waals surface area contributed by atoms with Crippen molar-refractivity contribution in [1.82, 2.24) is 10.3 Å². The van der Waals surface area contributed by atoms with Gasteiger partial charge in [-0.1, -0.05) is 0 Å². The Morgan fingerprint density at radius 1 is 1.26 bits per heavy atom. The second kappa shape index (κ2) is 5.09. The Hall–Kier alpha value is -1.75. The van der Waals surface area contributed by atoms with E-state index in [2.05, 4.69) is 10.3 Å². The minimum absolute atomic E-state index is 0.0863. The van der Waals surface area contributed by atoms with E-state index in [1.807, 2.05) is 20.8 Å². The first-order valence-corrected chi connectivity index (χ1v) is 5.99. The fourth-order valence-electron chi connectivity index (χ4n) is 1.63. The highest BCUT2D eigenvalue weighted by Crippen LogP contribution is 2.26. The molecule has 1 aromatic carbocycles. The van der Waals surface area contributed by atoms with Crippen molar-refractivity contribution in [2.45, 2.75) is 32.9 Å². The van der Waals surface area contributed by atoms with Crippen LogP contribution in [-0.4, -0.2) is 10.5 Å². The van der Waals surface area contributed by atoms with Crippen LogP contribution in [0.25, 0.3) is 11.3 Å². The summed E-state index contributed by atoms with van der Waals surface area (Å²) in [6, 6.07) is 3.26. The summed E-state index contributed by atoms with van der Waals surface area (Å²) in [5.74, 6) is -0.786. The highest BCUT2D eigenvalue weighted by molar-refractivity contribution is 5.60. The smallest absolute Gasteiger partial charge is 0.181 e. The number of halogens is 2. The first kappa shape index (κ1) is 13.7. The molecule has 0 fully saturated rings. The van der Waals surface area contributed by atoms with Gasteiger partial charge in [0.2, 0.25) is 0 Å². The van der Waals surface area contributed by atoms with Crippen molar-refractivity contribution in [2.75, 3.05) is 0 Å². The largest absolute Gasteiger partial charge is 0.443 e. The Bertz CT molecular complexity index is 573. The highest BCUT2D eigenvalue weighted by atomic mass is 19.1. The van der Waals surface area contributed by atoms with E-state index in [0.717, 1.165) is 18.2 Å². The summed E-state index contributed by atoms with van der Waals surface area (Å²) in [5, 5.41) is 3.23. The van der Waals surface area contributed by atoms with E-state index in [9.17, 15) is 8.78 Å². The summed E-state index contributed by atoms with van der Waals surface area (Å²) in [7, 11) is 0. The second-order valence-corrected chi connectivity index (χ2v) is 5.36. The maximum absolute atomic E-state index is 13.7. The predicted molar refractivity (Wildman–Crippen MR) is 68.4 cm³/mol. The maximum Gasteiger partial charge on any atom is 0.181 e. The molecule has 2 rings (SSSR count). The van der Waals surface area contributed by atoms with Crippen LogP contribution in [0, 0.1) is 11.6 Å². The summed E-state index contributed by atoms with van der Waals surface area (Å²) in [6.07, 6.45) is 1.24. The van der Waals surface area contributed by atoms with Crippen LogP contribution >= 0.6 is 0 Å². The lowest BCUT2D eigenvalue weighted by Gasteiger charge is -2.19. The molecule has 0 spiro atoms. The van der Waals surface area contributed by atoms with E-state index in [1.165, 1.54) is 6.39 Å². The van der Waals surface area contributed by atoms with Crippen LogP contribution in [0.2, 0.25) is 0 Å². The number of hydrogen-bond donors (Lipinski definition) is 1. The molecule has 1 aromatic heterocycles. The van der Waals surface area contributed by atoms with E-state index >= 15 is 0 Å². The van der Waals surface area contributed by atoms with Gasteiger partial charge in [-0.3, -0.25) is 0 Å². The van der Waals surface area contributed by atoms with Gasteiger partial charge in [0.25, 0.3) is 0 Å². The van der Waals surface area contributed by atoms with Crippen LogP contribution in [0.15, 0.2) is 29.0 Å². The maximum atomic E-state index is 13.7. The van der Waals surface area contributed by atoms with E-state index < -0.39 is 11.6 Å². The molecule has 19 heavy (non-hydrogen) atoms. The second-order valence-electron chi connectivity index (χ2n) is 5.36. The minimum atomic E-state index is -0.532. The molecule has 0 bridgehead atoms. The third-order valence-corrected chi connectivity index (χ3v) is 2.60. The number of hydrogen-bond acceptors (Lipinski definition) is 3. The first-order valence-electron chi connectivity index (χ1n) is 5.99. The number of rotatable bonds is 3. The highest BCUT2D eigenvalue weighted by Gasteiger charge is 2.17. The zero-order valence-electron chi connectivity index (χ0n) is 11.1. The fraction of sp³-hybridized carbons (Fsp3) is 0.357. The van der Waals surface area contributed by atoms with Crippen molar-refractivity contribution in [2.24, 2.45) is 0 Å². The zero-order valence-corrected chi connectivity index (χ0v) is 11.1. The van der Waals surface area contributed by atoms with Gasteiger partial charge in [0.05, 0.1) is 5.56 Å². The van der Waals surface area contributed by atoms with Crippen molar-refractivity contribution in [3.05, 3.63) is 41.9 Å². The molecular formula is C14H16F2N2O. The quantitative estimate of drug-likeness (QED) is 0.923. The molecule has 0 unspecified atom stereocenters. The Balaban J connectivity index is 2.31. The van der Waals surface area contributed by atoms with Gasteiger partial charge in [-0.15, -0.1) is 0 Å². The summed E-state index contributed by atoms with van der Waals surface area (Å²) in [5.41, 5.74) is 0.541. The van der Waals surface area contributed by atoms with Crippen molar-refractivity contribution >= 4 is 0 Å². The van der Waals surface area contributed by atoms with Crippen molar-refractivity contribution < 1.29 is 13.2 Å². The summed E-state index contributed by atoms with van der Waals surface area (Å²) < 4.78 is 32.1. The molecule has 0 aliphatic heterocycles. The lowest BCUT2D eigenvalue weighted by Crippen LogP contribution is -2.35. The van der Waals surface area contributed by atoms with Gasteiger partial charge in [-0.05, 0) is 39.0 Å². The molecule has 2 aromatic rings. The number of oxazole rings is 1. The molecule has 3 nitrogen and oxygen atoms in total. The summed E-state index contributed by atoms with van der Waals surface area (Å²) in [4.78, 5) is 4.05. The first-order chi connectivity index (χ1) is 8.87. The van der Waals surface area contributed by atoms with Crippen molar-refractivity contribution in [3.8, 4) is 11.3 Å². The average Bonchev–Trinajstić information content (AvgIpc) is 2.77. The zero-order chi connectivity index (χ0) is 14.0. The van der Waals surface area contributed by atoms with Gasteiger partial charge in [0.15, 0.2) is 12.2 Å². The molecule has 0 amide bonds.